The van der Waals surface area contributed by atoms with E-state index in [9.17, 15) is 0 Å². The van der Waals surface area contributed by atoms with E-state index in [2.05, 4.69) is 29.6 Å². The van der Waals surface area contributed by atoms with Gasteiger partial charge in [0.15, 0.2) is 0 Å². The van der Waals surface area contributed by atoms with Crippen LogP contribution in [0, 0.1) is 0 Å². The van der Waals surface area contributed by atoms with Gasteiger partial charge in [-0.05, 0) is 13.8 Å². The molecule has 0 bridgehead atoms. The molecule has 3 heteroatoms. The first-order valence-electron chi connectivity index (χ1n) is 5.95. The molecule has 3 nitrogen and oxygen atoms in total. The second-order valence-corrected chi connectivity index (χ2v) is 3.55. The van der Waals surface area contributed by atoms with Crippen molar-refractivity contribution in [3.05, 3.63) is 35.9 Å². The minimum Gasteiger partial charge on any atom is -0.348 e. The third-order valence-electron chi connectivity index (χ3n) is 2.29. The Balaban J connectivity index is 2.22. The van der Waals surface area contributed by atoms with Crippen LogP contribution in [0.2, 0.25) is 0 Å². The van der Waals surface area contributed by atoms with Crippen molar-refractivity contribution in [1.29, 1.82) is 0 Å². The fourth-order valence-electron chi connectivity index (χ4n) is 1.56. The van der Waals surface area contributed by atoms with Gasteiger partial charge in [0.1, 0.15) is 13.1 Å². The number of nitrogens with two attached hydrogens (primary N) is 1. The van der Waals surface area contributed by atoms with E-state index in [4.69, 9.17) is 9.47 Å². The lowest BCUT2D eigenvalue weighted by Gasteiger charge is -2.15. The molecule has 1 rings (SSSR count). The summed E-state index contributed by atoms with van der Waals surface area (Å²) in [7, 11) is 0. The number of benzene rings is 1. The van der Waals surface area contributed by atoms with Crippen LogP contribution in [0.1, 0.15) is 19.4 Å². The molecule has 90 valence electrons. The van der Waals surface area contributed by atoms with Gasteiger partial charge >= 0.3 is 0 Å². The van der Waals surface area contributed by atoms with Crippen LogP contribution < -0.4 is 5.32 Å². The van der Waals surface area contributed by atoms with E-state index in [1.165, 1.54) is 5.56 Å². The van der Waals surface area contributed by atoms with Gasteiger partial charge in [-0.1, -0.05) is 30.3 Å². The van der Waals surface area contributed by atoms with Crippen molar-refractivity contribution in [3.8, 4) is 0 Å². The summed E-state index contributed by atoms with van der Waals surface area (Å²) in [6.45, 7) is 7.19. The Hall–Kier alpha value is -0.900. The van der Waals surface area contributed by atoms with E-state index in [1.54, 1.807) is 0 Å². The molecule has 1 aromatic rings. The lowest BCUT2D eigenvalue weighted by atomic mass is 10.2. The molecule has 0 amide bonds. The quantitative estimate of drug-likeness (QED) is 0.672. The summed E-state index contributed by atoms with van der Waals surface area (Å²) in [5.41, 5.74) is 1.33. The van der Waals surface area contributed by atoms with Crippen LogP contribution in [0.15, 0.2) is 30.3 Å². The third kappa shape index (κ3) is 5.26. The Morgan fingerprint density at radius 2 is 1.69 bits per heavy atom. The summed E-state index contributed by atoms with van der Waals surface area (Å²) in [6.07, 6.45) is -0.0845. The topological polar surface area (TPSA) is 35.1 Å². The van der Waals surface area contributed by atoms with Gasteiger partial charge in [-0.25, -0.2) is 0 Å². The molecule has 0 aliphatic heterocycles. The highest BCUT2D eigenvalue weighted by Crippen LogP contribution is 1.95. The summed E-state index contributed by atoms with van der Waals surface area (Å²) < 4.78 is 10.9. The van der Waals surface area contributed by atoms with Crippen LogP contribution in [0.4, 0.5) is 0 Å². The predicted octanol–water partition coefficient (Wildman–Crippen LogP) is 1.15. The first-order valence-corrected chi connectivity index (χ1v) is 5.95. The van der Waals surface area contributed by atoms with Crippen LogP contribution >= 0.6 is 0 Å². The maximum atomic E-state index is 5.47. The molecule has 0 saturated carbocycles. The maximum absolute atomic E-state index is 5.47. The molecule has 0 fully saturated rings. The first kappa shape index (κ1) is 13.2. The Labute approximate surface area is 97.8 Å². The van der Waals surface area contributed by atoms with Gasteiger partial charge in [0, 0.05) is 18.8 Å². The number of hydrogen-bond donors (Lipinski definition) is 1. The molecule has 2 N–H and O–H groups in total. The lowest BCUT2D eigenvalue weighted by Crippen LogP contribution is -2.85. The minimum absolute atomic E-state index is 0.0845. The molecule has 0 radical (unpaired) electrons. The number of quaternary nitrogens is 1. The van der Waals surface area contributed by atoms with Crippen molar-refractivity contribution in [2.75, 3.05) is 19.8 Å². The van der Waals surface area contributed by atoms with Crippen LogP contribution in [0.3, 0.4) is 0 Å². The summed E-state index contributed by atoms with van der Waals surface area (Å²) in [4.78, 5) is 0. The Bertz CT molecular complexity index is 258. The zero-order valence-electron chi connectivity index (χ0n) is 10.2. The molecule has 0 aromatic heterocycles. The Morgan fingerprint density at radius 1 is 1.06 bits per heavy atom. The van der Waals surface area contributed by atoms with Crippen molar-refractivity contribution in [2.24, 2.45) is 0 Å². The van der Waals surface area contributed by atoms with Crippen molar-refractivity contribution < 1.29 is 14.8 Å². The smallest absolute Gasteiger partial charge is 0.207 e. The molecular weight excluding hydrogens is 202 g/mol. The molecule has 0 spiro atoms. The standard InChI is InChI=1S/C13H21NO2/c1-3-15-13(16-4-2)11-14-10-12-8-6-5-7-9-12/h5-9,13-14H,3-4,10-11H2,1-2H3/p+1. The Morgan fingerprint density at radius 3 is 2.25 bits per heavy atom. The second kappa shape index (κ2) is 8.28. The molecule has 0 unspecified atom stereocenters. The average Bonchev–Trinajstić information content (AvgIpc) is 2.31. The SMILES string of the molecule is CCOC(C[NH2+]Cc1ccccc1)OCC. The predicted molar refractivity (Wildman–Crippen MR) is 64.0 cm³/mol. The lowest BCUT2D eigenvalue weighted by molar-refractivity contribution is -0.683. The van der Waals surface area contributed by atoms with E-state index in [0.29, 0.717) is 13.2 Å². The molecule has 16 heavy (non-hydrogen) atoms. The zero-order chi connectivity index (χ0) is 11.6. The third-order valence-corrected chi connectivity index (χ3v) is 2.29. The Kier molecular flexibility index (Phi) is 6.81. The summed E-state index contributed by atoms with van der Waals surface area (Å²) in [5, 5.41) is 2.21. The molecular formula is C13H22NO2+. The number of ether oxygens (including phenoxy) is 2. The van der Waals surface area contributed by atoms with Crippen LogP contribution in [0.5, 0.6) is 0 Å². The van der Waals surface area contributed by atoms with Crippen LogP contribution in [-0.2, 0) is 16.0 Å². The second-order valence-electron chi connectivity index (χ2n) is 3.55. The van der Waals surface area contributed by atoms with E-state index in [0.717, 1.165) is 13.1 Å². The van der Waals surface area contributed by atoms with Crippen molar-refractivity contribution in [2.45, 2.75) is 26.7 Å². The maximum Gasteiger partial charge on any atom is 0.207 e. The molecule has 0 atom stereocenters. The average molecular weight is 224 g/mol. The highest BCUT2D eigenvalue weighted by molar-refractivity contribution is 5.12. The van der Waals surface area contributed by atoms with Crippen LogP contribution in [-0.4, -0.2) is 26.0 Å². The number of rotatable bonds is 8. The van der Waals surface area contributed by atoms with Gasteiger partial charge in [0.05, 0.1) is 0 Å². The van der Waals surface area contributed by atoms with E-state index >= 15 is 0 Å². The monoisotopic (exact) mass is 224 g/mol. The summed E-state index contributed by atoms with van der Waals surface area (Å²) in [5.74, 6) is 0. The van der Waals surface area contributed by atoms with Crippen molar-refractivity contribution in [3.63, 3.8) is 0 Å². The fourth-order valence-corrected chi connectivity index (χ4v) is 1.56. The van der Waals surface area contributed by atoms with Crippen LogP contribution in [0.25, 0.3) is 0 Å². The molecule has 0 heterocycles. The van der Waals surface area contributed by atoms with Gasteiger partial charge in [0.25, 0.3) is 0 Å². The molecule has 1 aromatic carbocycles. The van der Waals surface area contributed by atoms with E-state index in [-0.39, 0.29) is 6.29 Å². The minimum atomic E-state index is -0.0845. The van der Waals surface area contributed by atoms with Crippen molar-refractivity contribution in [1.82, 2.24) is 0 Å². The van der Waals surface area contributed by atoms with Gasteiger partial charge in [0.2, 0.25) is 6.29 Å². The summed E-state index contributed by atoms with van der Waals surface area (Å²) >= 11 is 0. The van der Waals surface area contributed by atoms with Gasteiger partial charge in [-0.2, -0.15) is 0 Å². The molecule has 0 aliphatic rings. The molecule has 0 aliphatic carbocycles. The largest absolute Gasteiger partial charge is 0.348 e. The fraction of sp³-hybridized carbons (Fsp3) is 0.538. The zero-order valence-corrected chi connectivity index (χ0v) is 10.2. The van der Waals surface area contributed by atoms with E-state index in [1.807, 2.05) is 19.9 Å². The first-order chi connectivity index (χ1) is 7.86. The number of hydrogen-bond acceptors (Lipinski definition) is 2. The highest BCUT2D eigenvalue weighted by Gasteiger charge is 2.09. The normalized spacial score (nSPS) is 10.9. The highest BCUT2D eigenvalue weighted by atomic mass is 16.7. The van der Waals surface area contributed by atoms with Gasteiger partial charge in [-0.15, -0.1) is 0 Å². The van der Waals surface area contributed by atoms with E-state index < -0.39 is 0 Å². The van der Waals surface area contributed by atoms with Crippen molar-refractivity contribution >= 4 is 0 Å². The summed E-state index contributed by atoms with van der Waals surface area (Å²) in [6, 6.07) is 10.4. The molecule has 0 saturated heterocycles. The van der Waals surface area contributed by atoms with Gasteiger partial charge in [-0.3, -0.25) is 0 Å². The van der Waals surface area contributed by atoms with Gasteiger partial charge < -0.3 is 14.8 Å².